The number of carbonyl (C=O) groups excluding carboxylic acids is 6. The van der Waals surface area contributed by atoms with Gasteiger partial charge < -0.3 is 57.9 Å². The standard InChI is InChI=1S/C28H45N9O12/c1-13(2)8-19(36-24(43)16(29)10-22(40)41)25(44)35-18(6-7-38)28(48)49-37-20(9-15-11-31-12-32-15)26(45)33-14(3)23(42)34-17(27(46)47)4-5-21(30)39/h11-14,16-20,37-38H,4-10,29H2,1-3H3,(H2,30,39)(H,31,32)(H,33,45)(H,34,42)(H,35,44)(H,36,43)(H,40,41)(H,46,47)/t14-,16-,17-,18?,19-,20-/m0/s1. The molecule has 6 atom stereocenters. The molecule has 0 aliphatic heterocycles. The largest absolute Gasteiger partial charge is 0.481 e. The highest BCUT2D eigenvalue weighted by Gasteiger charge is 2.32. The highest BCUT2D eigenvalue weighted by Crippen LogP contribution is 2.08. The Bertz CT molecular complexity index is 1310. The van der Waals surface area contributed by atoms with Crippen LogP contribution in [0.1, 0.15) is 58.6 Å². The molecule has 0 aliphatic carbocycles. The highest BCUT2D eigenvalue weighted by atomic mass is 16.7. The van der Waals surface area contributed by atoms with Gasteiger partial charge in [-0.1, -0.05) is 13.8 Å². The van der Waals surface area contributed by atoms with Gasteiger partial charge in [-0.15, -0.1) is 5.48 Å². The van der Waals surface area contributed by atoms with Gasteiger partial charge >= 0.3 is 17.9 Å². The Morgan fingerprint density at radius 3 is 2.00 bits per heavy atom. The number of carboxylic acid groups (broad SMARTS) is 2. The first-order valence-corrected chi connectivity index (χ1v) is 15.2. The minimum absolute atomic E-state index is 0.0764. The third-order valence-electron chi connectivity index (χ3n) is 6.73. The number of carbonyl (C=O) groups is 8. The maximum absolute atomic E-state index is 13.2. The van der Waals surface area contributed by atoms with E-state index in [4.69, 9.17) is 21.4 Å². The predicted molar refractivity (Wildman–Crippen MR) is 166 cm³/mol. The van der Waals surface area contributed by atoms with Crippen molar-refractivity contribution in [1.82, 2.24) is 36.7 Å². The first-order chi connectivity index (χ1) is 22.9. The molecule has 13 N–H and O–H groups in total. The average Bonchev–Trinajstić information content (AvgIpc) is 3.52. The lowest BCUT2D eigenvalue weighted by Gasteiger charge is -2.25. The van der Waals surface area contributed by atoms with E-state index >= 15 is 0 Å². The molecule has 1 unspecified atom stereocenters. The van der Waals surface area contributed by atoms with Crippen molar-refractivity contribution in [2.24, 2.45) is 17.4 Å². The molecule has 0 radical (unpaired) electrons. The highest BCUT2D eigenvalue weighted by molar-refractivity contribution is 5.94. The molecule has 0 bridgehead atoms. The number of nitrogens with one attached hydrogen (secondary N) is 6. The van der Waals surface area contributed by atoms with Gasteiger partial charge in [-0.25, -0.2) is 14.6 Å². The number of aliphatic hydroxyl groups is 1. The van der Waals surface area contributed by atoms with Crippen LogP contribution in [0.15, 0.2) is 12.5 Å². The molecule has 0 saturated carbocycles. The predicted octanol–water partition coefficient (Wildman–Crippen LogP) is -4.09. The van der Waals surface area contributed by atoms with Crippen LogP contribution in [0.5, 0.6) is 0 Å². The van der Waals surface area contributed by atoms with Crippen molar-refractivity contribution >= 4 is 47.4 Å². The number of hydroxylamine groups is 1. The Morgan fingerprint density at radius 1 is 0.857 bits per heavy atom. The zero-order valence-electron chi connectivity index (χ0n) is 27.3. The summed E-state index contributed by atoms with van der Waals surface area (Å²) in [6.07, 6.45) is 0.962. The van der Waals surface area contributed by atoms with E-state index in [1.807, 2.05) is 0 Å². The number of aliphatic hydroxyl groups excluding tert-OH is 1. The van der Waals surface area contributed by atoms with Gasteiger partial charge in [0.05, 0.1) is 18.8 Å². The van der Waals surface area contributed by atoms with Crippen LogP contribution in [0.2, 0.25) is 0 Å². The fourth-order valence-electron chi connectivity index (χ4n) is 4.14. The molecule has 49 heavy (non-hydrogen) atoms. The third-order valence-corrected chi connectivity index (χ3v) is 6.73. The summed E-state index contributed by atoms with van der Waals surface area (Å²) in [7, 11) is 0. The van der Waals surface area contributed by atoms with Crippen molar-refractivity contribution in [2.45, 2.75) is 95.5 Å². The van der Waals surface area contributed by atoms with Crippen molar-refractivity contribution in [3.63, 3.8) is 0 Å². The average molecular weight is 700 g/mol. The van der Waals surface area contributed by atoms with E-state index in [9.17, 15) is 48.6 Å². The molecule has 1 aromatic rings. The first-order valence-electron chi connectivity index (χ1n) is 15.2. The molecule has 0 aromatic carbocycles. The summed E-state index contributed by atoms with van der Waals surface area (Å²) in [4.78, 5) is 110. The molecule has 1 rings (SSSR count). The van der Waals surface area contributed by atoms with Crippen LogP contribution in [0.4, 0.5) is 0 Å². The number of carboxylic acids is 2. The molecule has 21 nitrogen and oxygen atoms in total. The van der Waals surface area contributed by atoms with E-state index in [0.717, 1.165) is 0 Å². The molecule has 0 spiro atoms. The Balaban J connectivity index is 3.02. The lowest BCUT2D eigenvalue weighted by molar-refractivity contribution is -0.159. The lowest BCUT2D eigenvalue weighted by atomic mass is 10.0. The molecular weight excluding hydrogens is 654 g/mol. The summed E-state index contributed by atoms with van der Waals surface area (Å²) >= 11 is 0. The molecule has 0 fully saturated rings. The Labute approximate surface area is 280 Å². The number of rotatable bonds is 23. The van der Waals surface area contributed by atoms with Gasteiger partial charge in [0.2, 0.25) is 29.5 Å². The van der Waals surface area contributed by atoms with E-state index in [1.165, 1.54) is 19.4 Å². The maximum atomic E-state index is 13.2. The second-order valence-electron chi connectivity index (χ2n) is 11.5. The van der Waals surface area contributed by atoms with Gasteiger partial charge in [-0.2, -0.15) is 0 Å². The fourth-order valence-corrected chi connectivity index (χ4v) is 4.14. The number of hydrogen-bond acceptors (Lipinski definition) is 13. The quantitative estimate of drug-likeness (QED) is 0.0484. The summed E-state index contributed by atoms with van der Waals surface area (Å²) in [5.74, 6) is -8.37. The van der Waals surface area contributed by atoms with Crippen LogP contribution < -0.4 is 38.2 Å². The number of nitrogens with two attached hydrogens (primary N) is 2. The smallest absolute Gasteiger partial charge is 0.347 e. The number of nitrogens with zero attached hydrogens (tertiary/aromatic N) is 1. The number of amides is 5. The number of primary amides is 1. The number of aromatic nitrogens is 2. The maximum Gasteiger partial charge on any atom is 0.347 e. The minimum atomic E-state index is -1.49. The van der Waals surface area contributed by atoms with E-state index in [0.29, 0.717) is 5.69 Å². The lowest BCUT2D eigenvalue weighted by Crippen LogP contribution is -2.57. The molecule has 0 aliphatic rings. The summed E-state index contributed by atoms with van der Waals surface area (Å²) in [5, 5.41) is 37.1. The van der Waals surface area contributed by atoms with Crippen molar-refractivity contribution in [2.75, 3.05) is 6.61 Å². The van der Waals surface area contributed by atoms with Crippen molar-refractivity contribution in [3.8, 4) is 0 Å². The van der Waals surface area contributed by atoms with E-state index in [2.05, 4.69) is 36.7 Å². The van der Waals surface area contributed by atoms with Gasteiger partial charge in [0, 0.05) is 37.8 Å². The van der Waals surface area contributed by atoms with Crippen LogP contribution in [0, 0.1) is 5.92 Å². The Morgan fingerprint density at radius 2 is 1.47 bits per heavy atom. The SMILES string of the molecule is CC(C)C[C@H](NC(=O)[C@@H](N)CC(=O)O)C(=O)NC(CCO)C(=O)ON[C@@H](Cc1cnc[nH]1)C(=O)N[C@@H](C)C(=O)N[C@@H](CCC(N)=O)C(=O)O. The summed E-state index contributed by atoms with van der Waals surface area (Å²) in [6.45, 7) is 4.16. The topological polar surface area (TPSA) is 347 Å². The Hall–Kier alpha value is -5.15. The number of H-pyrrole nitrogens is 1. The number of aliphatic carboxylic acids is 2. The van der Waals surface area contributed by atoms with Crippen LogP contribution in [-0.2, 0) is 49.6 Å². The molecule has 274 valence electrons. The fraction of sp³-hybridized carbons (Fsp3) is 0.607. The summed E-state index contributed by atoms with van der Waals surface area (Å²) < 4.78 is 0. The van der Waals surface area contributed by atoms with Gasteiger partial charge in [0.25, 0.3) is 0 Å². The minimum Gasteiger partial charge on any atom is -0.481 e. The zero-order valence-corrected chi connectivity index (χ0v) is 27.3. The molecular formula is C28H45N9O12. The third kappa shape index (κ3) is 16.0. The van der Waals surface area contributed by atoms with E-state index in [1.54, 1.807) is 13.8 Å². The van der Waals surface area contributed by atoms with Crippen LogP contribution >= 0.6 is 0 Å². The van der Waals surface area contributed by atoms with Crippen LogP contribution in [0.25, 0.3) is 0 Å². The van der Waals surface area contributed by atoms with Crippen molar-refractivity contribution in [1.29, 1.82) is 0 Å². The number of imidazole rings is 1. The second kappa shape index (κ2) is 21.0. The van der Waals surface area contributed by atoms with E-state index in [-0.39, 0.29) is 38.0 Å². The molecule has 21 heteroatoms. The monoisotopic (exact) mass is 699 g/mol. The Kier molecular flexibility index (Phi) is 17.9. The van der Waals surface area contributed by atoms with E-state index < -0.39 is 96.7 Å². The molecule has 5 amide bonds. The summed E-state index contributed by atoms with van der Waals surface area (Å²) in [5.41, 5.74) is 13.3. The molecule has 1 aromatic heterocycles. The number of aromatic amines is 1. The van der Waals surface area contributed by atoms with Crippen LogP contribution in [0.3, 0.4) is 0 Å². The number of hydrogen-bond donors (Lipinski definition) is 11. The normalized spacial score (nSPS) is 14.7. The zero-order chi connectivity index (χ0) is 37.3. The van der Waals surface area contributed by atoms with Gasteiger partial charge in [-0.05, 0) is 25.7 Å². The van der Waals surface area contributed by atoms with Gasteiger partial charge in [0.1, 0.15) is 30.2 Å². The first kappa shape index (κ1) is 41.9. The van der Waals surface area contributed by atoms with Crippen LogP contribution in [-0.4, -0.2) is 116 Å². The van der Waals surface area contributed by atoms with Crippen molar-refractivity contribution in [3.05, 3.63) is 18.2 Å². The van der Waals surface area contributed by atoms with Crippen molar-refractivity contribution < 1.29 is 58.5 Å². The van der Waals surface area contributed by atoms with Gasteiger partial charge in [-0.3, -0.25) is 28.8 Å². The summed E-state index contributed by atoms with van der Waals surface area (Å²) in [6, 6.07) is -8.32. The molecule has 0 saturated heterocycles. The van der Waals surface area contributed by atoms with Gasteiger partial charge in [0.15, 0.2) is 0 Å². The molecule has 1 heterocycles. The second-order valence-corrected chi connectivity index (χ2v) is 11.5.